The summed E-state index contributed by atoms with van der Waals surface area (Å²) in [6, 6.07) is 12.4. The van der Waals surface area contributed by atoms with Crippen LogP contribution in [-0.4, -0.2) is 48.8 Å². The van der Waals surface area contributed by atoms with E-state index in [1.807, 2.05) is 0 Å². The Morgan fingerprint density at radius 2 is 1.52 bits per heavy atom. The van der Waals surface area contributed by atoms with Crippen LogP contribution in [0.3, 0.4) is 0 Å². The van der Waals surface area contributed by atoms with Gasteiger partial charge in [-0.2, -0.15) is 0 Å². The minimum absolute atomic E-state index is 0.0883. The van der Waals surface area contributed by atoms with Crippen LogP contribution < -0.4 is 4.90 Å². The molecule has 0 N–H and O–H groups in total. The molecule has 0 bridgehead atoms. The third-order valence-electron chi connectivity index (χ3n) is 4.90. The Bertz CT molecular complexity index is 845. The summed E-state index contributed by atoms with van der Waals surface area (Å²) < 4.78 is 26.1. The number of nitrogens with zero attached hydrogens (tertiary/aromatic N) is 3. The lowest BCUT2D eigenvalue weighted by atomic mass is 10.0. The molecule has 4 rings (SSSR count). The second-order valence-electron chi connectivity index (χ2n) is 6.63. The predicted molar refractivity (Wildman–Crippen MR) is 97.6 cm³/mol. The van der Waals surface area contributed by atoms with Gasteiger partial charge in [-0.05, 0) is 42.0 Å². The minimum atomic E-state index is -0.637. The summed E-state index contributed by atoms with van der Waals surface area (Å²) in [6.45, 7) is 2.50. The fourth-order valence-electron chi connectivity index (χ4n) is 3.36. The lowest BCUT2D eigenvalue weighted by Crippen LogP contribution is -2.51. The molecular formula is C20H19F2N3O2. The quantitative estimate of drug-likeness (QED) is 0.834. The van der Waals surface area contributed by atoms with Gasteiger partial charge in [0.25, 0.3) is 5.91 Å². The number of hydrogen-bond acceptors (Lipinski definition) is 4. The Morgan fingerprint density at radius 1 is 0.926 bits per heavy atom. The number of amides is 1. The van der Waals surface area contributed by atoms with Crippen molar-refractivity contribution in [2.24, 2.45) is 5.16 Å². The highest BCUT2D eigenvalue weighted by atomic mass is 19.1. The van der Waals surface area contributed by atoms with Crippen LogP contribution in [0.2, 0.25) is 0 Å². The highest BCUT2D eigenvalue weighted by molar-refractivity contribution is 6.04. The van der Waals surface area contributed by atoms with Crippen molar-refractivity contribution in [3.63, 3.8) is 0 Å². The fraction of sp³-hybridized carbons (Fsp3) is 0.300. The van der Waals surface area contributed by atoms with Crippen LogP contribution >= 0.6 is 0 Å². The largest absolute Gasteiger partial charge is 0.382 e. The molecule has 1 saturated heterocycles. The highest BCUT2D eigenvalue weighted by Crippen LogP contribution is 2.21. The molecule has 0 aromatic heterocycles. The molecule has 27 heavy (non-hydrogen) atoms. The van der Waals surface area contributed by atoms with Crippen LogP contribution in [0, 0.1) is 11.6 Å². The summed E-state index contributed by atoms with van der Waals surface area (Å²) in [4.78, 5) is 22.0. The molecule has 1 amide bonds. The van der Waals surface area contributed by atoms with E-state index < -0.39 is 6.10 Å². The molecule has 2 aromatic carbocycles. The van der Waals surface area contributed by atoms with E-state index in [9.17, 15) is 13.6 Å². The van der Waals surface area contributed by atoms with Crippen molar-refractivity contribution in [1.29, 1.82) is 0 Å². The first-order chi connectivity index (χ1) is 13.1. The zero-order valence-electron chi connectivity index (χ0n) is 14.6. The van der Waals surface area contributed by atoms with Crippen LogP contribution in [0.1, 0.15) is 12.0 Å². The van der Waals surface area contributed by atoms with Gasteiger partial charge in [-0.1, -0.05) is 17.3 Å². The Hall–Kier alpha value is -2.96. The van der Waals surface area contributed by atoms with E-state index in [-0.39, 0.29) is 17.5 Å². The third-order valence-corrected chi connectivity index (χ3v) is 4.90. The summed E-state index contributed by atoms with van der Waals surface area (Å²) in [5.41, 5.74) is 2.36. The number of carbonyl (C=O) groups is 1. The van der Waals surface area contributed by atoms with Crippen molar-refractivity contribution in [3.05, 3.63) is 65.7 Å². The number of piperazine rings is 1. The number of rotatable bonds is 3. The van der Waals surface area contributed by atoms with Crippen molar-refractivity contribution < 1.29 is 18.4 Å². The Balaban J connectivity index is 1.32. The average molecular weight is 371 g/mol. The normalized spacial score (nSPS) is 19.6. The van der Waals surface area contributed by atoms with Crippen molar-refractivity contribution in [2.75, 3.05) is 31.1 Å². The molecule has 5 nitrogen and oxygen atoms in total. The topological polar surface area (TPSA) is 45.1 Å². The summed E-state index contributed by atoms with van der Waals surface area (Å²) in [5, 5.41) is 4.00. The lowest BCUT2D eigenvalue weighted by molar-refractivity contribution is -0.142. The fourth-order valence-corrected chi connectivity index (χ4v) is 3.36. The minimum Gasteiger partial charge on any atom is -0.382 e. The predicted octanol–water partition coefficient (Wildman–Crippen LogP) is 2.81. The number of oxime groups is 1. The maximum Gasteiger partial charge on any atom is 0.267 e. The molecule has 2 heterocycles. The van der Waals surface area contributed by atoms with Crippen LogP contribution in [-0.2, 0) is 9.63 Å². The van der Waals surface area contributed by atoms with Crippen LogP contribution in [0.15, 0.2) is 53.7 Å². The number of halogens is 2. The van der Waals surface area contributed by atoms with Gasteiger partial charge < -0.3 is 14.6 Å². The van der Waals surface area contributed by atoms with E-state index in [1.54, 1.807) is 29.2 Å². The first-order valence-electron chi connectivity index (χ1n) is 8.88. The second kappa shape index (κ2) is 7.34. The van der Waals surface area contributed by atoms with Crippen molar-refractivity contribution in [3.8, 4) is 0 Å². The average Bonchev–Trinajstić information content (AvgIpc) is 3.19. The molecule has 0 saturated carbocycles. The van der Waals surface area contributed by atoms with E-state index in [0.29, 0.717) is 38.3 Å². The molecule has 1 unspecified atom stereocenters. The summed E-state index contributed by atoms with van der Waals surface area (Å²) in [6.07, 6.45) is -0.259. The zero-order valence-corrected chi connectivity index (χ0v) is 14.6. The van der Waals surface area contributed by atoms with Crippen LogP contribution in [0.25, 0.3) is 0 Å². The van der Waals surface area contributed by atoms with Crippen molar-refractivity contribution in [1.82, 2.24) is 4.90 Å². The first-order valence-corrected chi connectivity index (χ1v) is 8.88. The number of hydrogen-bond donors (Lipinski definition) is 0. The molecule has 1 atom stereocenters. The second-order valence-corrected chi connectivity index (χ2v) is 6.63. The molecule has 140 valence electrons. The molecule has 2 aliphatic rings. The van der Waals surface area contributed by atoms with E-state index in [2.05, 4.69) is 10.1 Å². The summed E-state index contributed by atoms with van der Waals surface area (Å²) >= 11 is 0. The molecule has 0 radical (unpaired) electrons. The monoisotopic (exact) mass is 371 g/mol. The summed E-state index contributed by atoms with van der Waals surface area (Å²) in [5.74, 6) is -0.664. The maximum atomic E-state index is 13.1. The van der Waals surface area contributed by atoms with E-state index in [1.165, 1.54) is 24.3 Å². The smallest absolute Gasteiger partial charge is 0.267 e. The van der Waals surface area contributed by atoms with E-state index in [0.717, 1.165) is 11.3 Å². The Kier molecular flexibility index (Phi) is 4.75. The molecule has 2 aromatic rings. The highest BCUT2D eigenvalue weighted by Gasteiger charge is 2.33. The maximum absolute atomic E-state index is 13.1. The Labute approximate surface area is 155 Å². The van der Waals surface area contributed by atoms with Gasteiger partial charge in [0, 0.05) is 38.3 Å². The summed E-state index contributed by atoms with van der Waals surface area (Å²) in [7, 11) is 0. The molecular weight excluding hydrogens is 352 g/mol. The number of anilines is 1. The van der Waals surface area contributed by atoms with Crippen LogP contribution in [0.5, 0.6) is 0 Å². The van der Waals surface area contributed by atoms with Gasteiger partial charge in [0.2, 0.25) is 6.10 Å². The molecule has 1 fully saturated rings. The van der Waals surface area contributed by atoms with Gasteiger partial charge in [-0.3, -0.25) is 4.79 Å². The molecule has 0 spiro atoms. The number of carbonyl (C=O) groups excluding carboxylic acids is 1. The van der Waals surface area contributed by atoms with Crippen molar-refractivity contribution >= 4 is 17.3 Å². The number of benzene rings is 2. The SMILES string of the molecule is O=C(C1CC(c2ccc(F)cc2)=NO1)N1CCN(c2ccc(F)cc2)CC1. The van der Waals surface area contributed by atoms with Gasteiger partial charge in [-0.15, -0.1) is 0 Å². The van der Waals surface area contributed by atoms with Gasteiger partial charge in [0.15, 0.2) is 0 Å². The molecule has 2 aliphatic heterocycles. The van der Waals surface area contributed by atoms with Gasteiger partial charge in [-0.25, -0.2) is 8.78 Å². The Morgan fingerprint density at radius 3 is 2.15 bits per heavy atom. The van der Waals surface area contributed by atoms with Gasteiger partial charge in [0.1, 0.15) is 11.6 Å². The van der Waals surface area contributed by atoms with Crippen LogP contribution in [0.4, 0.5) is 14.5 Å². The first kappa shape index (κ1) is 17.5. The van der Waals surface area contributed by atoms with E-state index in [4.69, 9.17) is 4.84 Å². The van der Waals surface area contributed by atoms with Gasteiger partial charge >= 0.3 is 0 Å². The van der Waals surface area contributed by atoms with Crippen molar-refractivity contribution in [2.45, 2.75) is 12.5 Å². The zero-order chi connectivity index (χ0) is 18.8. The lowest BCUT2D eigenvalue weighted by Gasteiger charge is -2.36. The van der Waals surface area contributed by atoms with E-state index >= 15 is 0 Å². The van der Waals surface area contributed by atoms with Gasteiger partial charge in [0.05, 0.1) is 5.71 Å². The standard InChI is InChI=1S/C20H19F2N3O2/c21-15-3-1-14(2-4-15)18-13-19(27-23-18)20(26)25-11-9-24(10-12-25)17-7-5-16(22)6-8-17/h1-8,19H,9-13H2. The molecule has 0 aliphatic carbocycles. The third kappa shape index (κ3) is 3.77. The molecule has 7 heteroatoms.